The molecule has 0 amide bonds. The van der Waals surface area contributed by atoms with E-state index in [2.05, 4.69) is 0 Å². The topological polar surface area (TPSA) is 55.8 Å². The average Bonchev–Trinajstić information content (AvgIpc) is 2.60. The lowest BCUT2D eigenvalue weighted by atomic mass is 10.2. The summed E-state index contributed by atoms with van der Waals surface area (Å²) in [5, 5.41) is 8.81. The van der Waals surface area contributed by atoms with Crippen LogP contribution in [0.4, 0.5) is 0 Å². The van der Waals surface area contributed by atoms with Crippen LogP contribution in [0.3, 0.4) is 0 Å². The van der Waals surface area contributed by atoms with Gasteiger partial charge < -0.3 is 14.6 Å². The van der Waals surface area contributed by atoms with E-state index < -0.39 is 5.97 Å². The minimum absolute atomic E-state index is 0.362. The number of carboxylic acid groups (broad SMARTS) is 1. The molecule has 0 saturated heterocycles. The van der Waals surface area contributed by atoms with Crippen LogP contribution in [-0.2, 0) is 16.1 Å². The lowest BCUT2D eigenvalue weighted by molar-refractivity contribution is 0.0452. The van der Waals surface area contributed by atoms with E-state index in [1.165, 1.54) is 11.3 Å². The van der Waals surface area contributed by atoms with Crippen molar-refractivity contribution < 1.29 is 19.4 Å². The predicted octanol–water partition coefficient (Wildman–Crippen LogP) is 2.31. The molecule has 0 aliphatic carbocycles. The largest absolute Gasteiger partial charge is 0.477 e. The Morgan fingerprint density at radius 3 is 2.69 bits per heavy atom. The molecule has 0 aliphatic heterocycles. The van der Waals surface area contributed by atoms with Gasteiger partial charge in [0.25, 0.3) is 0 Å². The summed E-state index contributed by atoms with van der Waals surface area (Å²) in [6, 6.07) is 1.67. The summed E-state index contributed by atoms with van der Waals surface area (Å²) >= 11 is 1.28. The van der Waals surface area contributed by atoms with Crippen molar-refractivity contribution in [1.82, 2.24) is 0 Å². The van der Waals surface area contributed by atoms with Gasteiger partial charge in [-0.05, 0) is 25.5 Å². The first-order valence-corrected chi connectivity index (χ1v) is 5.95. The molecule has 0 saturated carbocycles. The van der Waals surface area contributed by atoms with Crippen LogP contribution in [0.25, 0.3) is 0 Å². The molecule has 0 aromatic carbocycles. The van der Waals surface area contributed by atoms with Crippen molar-refractivity contribution in [3.8, 4) is 0 Å². The number of hydrogen-bond acceptors (Lipinski definition) is 4. The lowest BCUT2D eigenvalue weighted by Crippen LogP contribution is -2.03. The molecule has 1 aromatic rings. The number of hydrogen-bond donors (Lipinski definition) is 1. The van der Waals surface area contributed by atoms with Gasteiger partial charge in [-0.25, -0.2) is 4.79 Å². The van der Waals surface area contributed by atoms with E-state index in [1.807, 2.05) is 13.8 Å². The smallest absolute Gasteiger partial charge is 0.345 e. The van der Waals surface area contributed by atoms with Crippen molar-refractivity contribution in [3.63, 3.8) is 0 Å². The summed E-state index contributed by atoms with van der Waals surface area (Å²) in [5.74, 6) is -0.881. The first-order chi connectivity index (χ1) is 7.65. The number of aryl methyl sites for hydroxylation is 1. The normalized spacial score (nSPS) is 10.6. The molecule has 4 nitrogen and oxygen atoms in total. The van der Waals surface area contributed by atoms with Crippen LogP contribution in [0.1, 0.15) is 27.0 Å². The molecule has 5 heteroatoms. The molecule has 0 atom stereocenters. The molecule has 16 heavy (non-hydrogen) atoms. The number of carbonyl (C=O) groups is 1. The first-order valence-electron chi connectivity index (χ1n) is 5.13. The minimum Gasteiger partial charge on any atom is -0.477 e. The van der Waals surface area contributed by atoms with Gasteiger partial charge in [0.2, 0.25) is 0 Å². The Morgan fingerprint density at radius 1 is 1.44 bits per heavy atom. The summed E-state index contributed by atoms with van der Waals surface area (Å²) in [6.07, 6.45) is 0. The quantitative estimate of drug-likeness (QED) is 0.748. The maximum absolute atomic E-state index is 10.7. The van der Waals surface area contributed by atoms with E-state index in [0.717, 1.165) is 10.4 Å². The van der Waals surface area contributed by atoms with Crippen molar-refractivity contribution in [3.05, 3.63) is 21.4 Å². The molecular weight excluding hydrogens is 228 g/mol. The molecule has 0 radical (unpaired) electrons. The average molecular weight is 244 g/mol. The molecule has 0 fully saturated rings. The number of thiophene rings is 1. The Morgan fingerprint density at radius 2 is 2.12 bits per heavy atom. The summed E-state index contributed by atoms with van der Waals surface area (Å²) in [6.45, 7) is 6.07. The van der Waals surface area contributed by atoms with Crippen molar-refractivity contribution in [2.75, 3.05) is 19.8 Å². The van der Waals surface area contributed by atoms with Crippen LogP contribution < -0.4 is 0 Å². The summed E-state index contributed by atoms with van der Waals surface area (Å²) in [4.78, 5) is 12.1. The van der Waals surface area contributed by atoms with Crippen LogP contribution in [0.15, 0.2) is 6.07 Å². The Labute approximate surface area is 98.8 Å². The second-order valence-electron chi connectivity index (χ2n) is 3.25. The second-order valence-corrected chi connectivity index (χ2v) is 4.50. The molecule has 0 bridgehead atoms. The fourth-order valence-corrected chi connectivity index (χ4v) is 2.08. The molecule has 0 spiro atoms. The third kappa shape index (κ3) is 3.92. The van der Waals surface area contributed by atoms with E-state index in [4.69, 9.17) is 14.6 Å². The maximum atomic E-state index is 10.7. The molecular formula is C11H16O4S. The zero-order valence-electron chi connectivity index (χ0n) is 9.49. The summed E-state index contributed by atoms with van der Waals surface area (Å²) in [7, 11) is 0. The van der Waals surface area contributed by atoms with Crippen LogP contribution in [0, 0.1) is 6.92 Å². The van der Waals surface area contributed by atoms with Gasteiger partial charge in [-0.15, -0.1) is 11.3 Å². The Kier molecular flexibility index (Phi) is 5.45. The van der Waals surface area contributed by atoms with Crippen molar-refractivity contribution in [1.29, 1.82) is 0 Å². The zero-order valence-corrected chi connectivity index (χ0v) is 10.3. The van der Waals surface area contributed by atoms with Gasteiger partial charge in [-0.1, -0.05) is 0 Å². The fourth-order valence-electron chi connectivity index (χ4n) is 1.21. The molecule has 1 rings (SSSR count). The van der Waals surface area contributed by atoms with Gasteiger partial charge in [-0.3, -0.25) is 0 Å². The maximum Gasteiger partial charge on any atom is 0.345 e. The minimum atomic E-state index is -0.881. The highest BCUT2D eigenvalue weighted by atomic mass is 32.1. The van der Waals surface area contributed by atoms with E-state index >= 15 is 0 Å². The highest BCUT2D eigenvalue weighted by molar-refractivity contribution is 7.14. The zero-order chi connectivity index (χ0) is 12.0. The summed E-state index contributed by atoms with van der Waals surface area (Å²) in [5.41, 5.74) is 0.943. The number of ether oxygens (including phenoxy) is 2. The first kappa shape index (κ1) is 13.2. The fraction of sp³-hybridized carbons (Fsp3) is 0.545. The van der Waals surface area contributed by atoms with Gasteiger partial charge in [0.05, 0.1) is 19.8 Å². The van der Waals surface area contributed by atoms with Crippen LogP contribution >= 0.6 is 11.3 Å². The molecule has 0 unspecified atom stereocenters. The monoisotopic (exact) mass is 244 g/mol. The number of carboxylic acids is 1. The predicted molar refractivity (Wildman–Crippen MR) is 62.2 cm³/mol. The lowest BCUT2D eigenvalue weighted by Gasteiger charge is -2.03. The van der Waals surface area contributed by atoms with Gasteiger partial charge in [0.1, 0.15) is 4.88 Å². The number of rotatable bonds is 7. The molecule has 0 aliphatic rings. The van der Waals surface area contributed by atoms with E-state index in [0.29, 0.717) is 31.3 Å². The summed E-state index contributed by atoms with van der Waals surface area (Å²) < 4.78 is 10.5. The molecule has 1 heterocycles. The Balaban J connectivity index is 2.39. The van der Waals surface area contributed by atoms with E-state index in [1.54, 1.807) is 6.07 Å². The van der Waals surface area contributed by atoms with Gasteiger partial charge >= 0.3 is 5.97 Å². The molecule has 1 aromatic heterocycles. The third-order valence-electron chi connectivity index (χ3n) is 2.07. The van der Waals surface area contributed by atoms with Crippen LogP contribution in [-0.4, -0.2) is 30.9 Å². The van der Waals surface area contributed by atoms with Crippen molar-refractivity contribution >= 4 is 17.3 Å². The van der Waals surface area contributed by atoms with Crippen molar-refractivity contribution in [2.45, 2.75) is 20.5 Å². The SMILES string of the molecule is CCOCCOCc1cc(C(=O)O)sc1C. The molecule has 90 valence electrons. The standard InChI is InChI=1S/C11H16O4S/c1-3-14-4-5-15-7-9-6-10(11(12)13)16-8(9)2/h6H,3-5,7H2,1-2H3,(H,12,13). The Hall–Kier alpha value is -0.910. The van der Waals surface area contributed by atoms with E-state index in [-0.39, 0.29) is 0 Å². The Bertz CT molecular complexity index is 346. The van der Waals surface area contributed by atoms with Crippen LogP contribution in [0.5, 0.6) is 0 Å². The van der Waals surface area contributed by atoms with Gasteiger partial charge in [0.15, 0.2) is 0 Å². The highest BCUT2D eigenvalue weighted by Crippen LogP contribution is 2.22. The third-order valence-corrected chi connectivity index (χ3v) is 3.15. The van der Waals surface area contributed by atoms with Crippen molar-refractivity contribution in [2.24, 2.45) is 0 Å². The van der Waals surface area contributed by atoms with Gasteiger partial charge in [-0.2, -0.15) is 0 Å². The molecule has 1 N–H and O–H groups in total. The van der Waals surface area contributed by atoms with E-state index in [9.17, 15) is 4.79 Å². The second kappa shape index (κ2) is 6.62. The number of aromatic carboxylic acids is 1. The van der Waals surface area contributed by atoms with Gasteiger partial charge in [0, 0.05) is 11.5 Å². The highest BCUT2D eigenvalue weighted by Gasteiger charge is 2.10. The van der Waals surface area contributed by atoms with Crippen LogP contribution in [0.2, 0.25) is 0 Å².